The van der Waals surface area contributed by atoms with Gasteiger partial charge >= 0.3 is 5.69 Å². The first-order chi connectivity index (χ1) is 12.2. The van der Waals surface area contributed by atoms with Crippen LogP contribution in [0.15, 0.2) is 33.9 Å². The third-order valence-corrected chi connectivity index (χ3v) is 4.34. The van der Waals surface area contributed by atoms with Crippen molar-refractivity contribution in [3.05, 3.63) is 45.1 Å². The second kappa shape index (κ2) is 6.04. The summed E-state index contributed by atoms with van der Waals surface area (Å²) in [5.41, 5.74) is 0.413. The number of rotatable bonds is 3. The maximum atomic E-state index is 12.4. The number of methoxy groups -OCH3 is 1. The molecule has 1 saturated heterocycles. The summed E-state index contributed by atoms with van der Waals surface area (Å²) in [5, 5.41) is 0.271. The minimum absolute atomic E-state index is 0.247. The Balaban J connectivity index is 1.98. The van der Waals surface area contributed by atoms with Gasteiger partial charge in [0.15, 0.2) is 5.65 Å². The summed E-state index contributed by atoms with van der Waals surface area (Å²) in [6.07, 6.45) is 2.15. The molecule has 1 aromatic carbocycles. The molecule has 3 heterocycles. The number of aromatic nitrogens is 4. The Morgan fingerprint density at radius 1 is 1.04 bits per heavy atom. The SMILES string of the molecule is COc1ccc(-c2nc(N3CCCC3)nc3[nH]c(=O)[nH]c(=O)c23)cc1. The van der Waals surface area contributed by atoms with E-state index in [1.165, 1.54) is 0 Å². The maximum Gasteiger partial charge on any atom is 0.327 e. The van der Waals surface area contributed by atoms with Crippen molar-refractivity contribution < 1.29 is 4.74 Å². The standard InChI is InChI=1S/C17H17N5O3/c1-25-11-6-4-10(5-7-11)13-12-14(20-17(24)21-15(12)23)19-16(18-13)22-8-2-3-9-22/h4-7H,2-3,8-9H2,1H3,(H2,18,19,20,21,23,24). The Labute approximate surface area is 142 Å². The summed E-state index contributed by atoms with van der Waals surface area (Å²) in [6, 6.07) is 7.27. The number of hydrogen-bond donors (Lipinski definition) is 2. The molecule has 1 aliphatic rings. The molecular weight excluding hydrogens is 322 g/mol. The first-order valence-electron chi connectivity index (χ1n) is 8.09. The first kappa shape index (κ1) is 15.4. The molecule has 0 saturated carbocycles. The van der Waals surface area contributed by atoms with E-state index in [1.807, 2.05) is 12.1 Å². The fraction of sp³-hybridized carbons (Fsp3) is 0.294. The summed E-state index contributed by atoms with van der Waals surface area (Å²) < 4.78 is 5.18. The van der Waals surface area contributed by atoms with E-state index in [-0.39, 0.29) is 11.0 Å². The Hall–Kier alpha value is -3.16. The van der Waals surface area contributed by atoms with Gasteiger partial charge in [-0.1, -0.05) is 0 Å². The number of benzene rings is 1. The lowest BCUT2D eigenvalue weighted by molar-refractivity contribution is 0.415. The van der Waals surface area contributed by atoms with Crippen molar-refractivity contribution in [2.24, 2.45) is 0 Å². The van der Waals surface area contributed by atoms with Crippen molar-refractivity contribution in [3.63, 3.8) is 0 Å². The predicted octanol–water partition coefficient (Wildman–Crippen LogP) is 1.28. The third kappa shape index (κ3) is 2.75. The Bertz CT molecular complexity index is 1030. The summed E-state index contributed by atoms with van der Waals surface area (Å²) >= 11 is 0. The van der Waals surface area contributed by atoms with Crippen LogP contribution >= 0.6 is 0 Å². The zero-order chi connectivity index (χ0) is 17.4. The van der Waals surface area contributed by atoms with Gasteiger partial charge < -0.3 is 9.64 Å². The number of ether oxygens (including phenoxy) is 1. The van der Waals surface area contributed by atoms with E-state index in [2.05, 4.69) is 24.8 Å². The van der Waals surface area contributed by atoms with E-state index in [0.29, 0.717) is 17.4 Å². The van der Waals surface area contributed by atoms with Crippen molar-refractivity contribution in [2.75, 3.05) is 25.1 Å². The molecule has 0 atom stereocenters. The Morgan fingerprint density at radius 2 is 1.76 bits per heavy atom. The van der Waals surface area contributed by atoms with Crippen LogP contribution in [0.25, 0.3) is 22.3 Å². The van der Waals surface area contributed by atoms with Crippen LogP contribution in [0, 0.1) is 0 Å². The van der Waals surface area contributed by atoms with E-state index >= 15 is 0 Å². The lowest BCUT2D eigenvalue weighted by Crippen LogP contribution is -2.26. The molecule has 0 unspecified atom stereocenters. The van der Waals surface area contributed by atoms with Crippen LogP contribution in [0.1, 0.15) is 12.8 Å². The maximum absolute atomic E-state index is 12.4. The quantitative estimate of drug-likeness (QED) is 0.745. The number of hydrogen-bond acceptors (Lipinski definition) is 6. The van der Waals surface area contributed by atoms with Crippen LogP contribution in [0.5, 0.6) is 5.75 Å². The van der Waals surface area contributed by atoms with E-state index in [9.17, 15) is 9.59 Å². The van der Waals surface area contributed by atoms with Crippen molar-refractivity contribution >= 4 is 17.0 Å². The van der Waals surface area contributed by atoms with Gasteiger partial charge in [0.1, 0.15) is 11.1 Å². The van der Waals surface area contributed by atoms with Gasteiger partial charge in [0, 0.05) is 18.7 Å². The molecule has 0 aliphatic carbocycles. The molecule has 0 bridgehead atoms. The molecule has 0 amide bonds. The lowest BCUT2D eigenvalue weighted by Gasteiger charge is -2.17. The second-order valence-electron chi connectivity index (χ2n) is 5.93. The third-order valence-electron chi connectivity index (χ3n) is 4.34. The minimum Gasteiger partial charge on any atom is -0.497 e. The lowest BCUT2D eigenvalue weighted by atomic mass is 10.1. The average molecular weight is 339 g/mol. The molecule has 8 heteroatoms. The van der Waals surface area contributed by atoms with Gasteiger partial charge in [-0.2, -0.15) is 4.98 Å². The highest BCUT2D eigenvalue weighted by atomic mass is 16.5. The predicted molar refractivity (Wildman–Crippen MR) is 94.2 cm³/mol. The van der Waals surface area contributed by atoms with Crippen molar-refractivity contribution in [3.8, 4) is 17.0 Å². The van der Waals surface area contributed by atoms with E-state index in [0.717, 1.165) is 31.5 Å². The van der Waals surface area contributed by atoms with Gasteiger partial charge in [-0.15, -0.1) is 0 Å². The second-order valence-corrected chi connectivity index (χ2v) is 5.93. The summed E-state index contributed by atoms with van der Waals surface area (Å²) in [7, 11) is 1.59. The summed E-state index contributed by atoms with van der Waals surface area (Å²) in [5.74, 6) is 1.24. The number of H-pyrrole nitrogens is 2. The topological polar surface area (TPSA) is 104 Å². The molecule has 0 spiro atoms. The zero-order valence-corrected chi connectivity index (χ0v) is 13.7. The molecule has 128 valence electrons. The number of fused-ring (bicyclic) bond motifs is 1. The molecule has 3 aromatic rings. The molecule has 25 heavy (non-hydrogen) atoms. The molecule has 1 aliphatic heterocycles. The van der Waals surface area contributed by atoms with Gasteiger partial charge in [-0.25, -0.2) is 9.78 Å². The van der Waals surface area contributed by atoms with Gasteiger partial charge in [0.05, 0.1) is 12.8 Å². The Kier molecular flexibility index (Phi) is 3.72. The molecule has 2 N–H and O–H groups in total. The van der Waals surface area contributed by atoms with Crippen LogP contribution in [0.2, 0.25) is 0 Å². The number of aromatic amines is 2. The monoisotopic (exact) mass is 339 g/mol. The number of nitrogens with one attached hydrogen (secondary N) is 2. The van der Waals surface area contributed by atoms with Crippen LogP contribution in [0.3, 0.4) is 0 Å². The van der Waals surface area contributed by atoms with E-state index < -0.39 is 11.2 Å². The molecule has 4 rings (SSSR count). The van der Waals surface area contributed by atoms with Crippen LogP contribution < -0.4 is 20.9 Å². The molecule has 1 fully saturated rings. The molecule has 2 aromatic heterocycles. The molecular formula is C17H17N5O3. The largest absolute Gasteiger partial charge is 0.497 e. The highest BCUT2D eigenvalue weighted by Gasteiger charge is 2.20. The van der Waals surface area contributed by atoms with Crippen molar-refractivity contribution in [2.45, 2.75) is 12.8 Å². The first-order valence-corrected chi connectivity index (χ1v) is 8.09. The van der Waals surface area contributed by atoms with Gasteiger partial charge in [0.25, 0.3) is 5.56 Å². The summed E-state index contributed by atoms with van der Waals surface area (Å²) in [6.45, 7) is 1.72. The molecule has 0 radical (unpaired) electrons. The van der Waals surface area contributed by atoms with Gasteiger partial charge in [0.2, 0.25) is 5.95 Å². The number of anilines is 1. The highest BCUT2D eigenvalue weighted by Crippen LogP contribution is 2.27. The normalized spacial score (nSPS) is 14.2. The van der Waals surface area contributed by atoms with Crippen LogP contribution in [-0.4, -0.2) is 40.1 Å². The number of nitrogens with zero attached hydrogens (tertiary/aromatic N) is 3. The fourth-order valence-corrected chi connectivity index (χ4v) is 3.08. The fourth-order valence-electron chi connectivity index (χ4n) is 3.08. The summed E-state index contributed by atoms with van der Waals surface area (Å²) in [4.78, 5) is 40.0. The Morgan fingerprint density at radius 3 is 2.44 bits per heavy atom. The van der Waals surface area contributed by atoms with Gasteiger partial charge in [-0.05, 0) is 37.1 Å². The van der Waals surface area contributed by atoms with Gasteiger partial charge in [-0.3, -0.25) is 14.8 Å². The van der Waals surface area contributed by atoms with Crippen LogP contribution in [-0.2, 0) is 0 Å². The van der Waals surface area contributed by atoms with E-state index in [4.69, 9.17) is 4.74 Å². The highest BCUT2D eigenvalue weighted by molar-refractivity contribution is 5.90. The van der Waals surface area contributed by atoms with Crippen molar-refractivity contribution in [1.29, 1.82) is 0 Å². The minimum atomic E-state index is -0.579. The smallest absolute Gasteiger partial charge is 0.327 e. The zero-order valence-electron chi connectivity index (χ0n) is 13.7. The molecule has 8 nitrogen and oxygen atoms in total. The van der Waals surface area contributed by atoms with E-state index in [1.54, 1.807) is 19.2 Å². The van der Waals surface area contributed by atoms with Crippen LogP contribution in [0.4, 0.5) is 5.95 Å². The average Bonchev–Trinajstić information content (AvgIpc) is 3.15. The van der Waals surface area contributed by atoms with Crippen molar-refractivity contribution in [1.82, 2.24) is 19.9 Å².